The van der Waals surface area contributed by atoms with Crippen molar-refractivity contribution in [2.24, 2.45) is 5.92 Å². The van der Waals surface area contributed by atoms with Crippen LogP contribution in [-0.2, 0) is 4.74 Å². The van der Waals surface area contributed by atoms with Gasteiger partial charge >= 0.3 is 0 Å². The highest BCUT2D eigenvalue weighted by Crippen LogP contribution is 2.15. The van der Waals surface area contributed by atoms with Gasteiger partial charge in [-0.3, -0.25) is 9.89 Å². The molecule has 1 aromatic heterocycles. The third-order valence-electron chi connectivity index (χ3n) is 3.37. The van der Waals surface area contributed by atoms with Crippen LogP contribution < -0.4 is 0 Å². The number of amides is 1. The number of aromatic nitrogens is 3. The summed E-state index contributed by atoms with van der Waals surface area (Å²) in [6.07, 6.45) is 2.19. The van der Waals surface area contributed by atoms with Gasteiger partial charge in [-0.1, -0.05) is 13.8 Å². The molecule has 6 nitrogen and oxygen atoms in total. The summed E-state index contributed by atoms with van der Waals surface area (Å²) >= 11 is 0. The van der Waals surface area contributed by atoms with E-state index in [4.69, 9.17) is 4.74 Å². The second-order valence-electron chi connectivity index (χ2n) is 5.47. The van der Waals surface area contributed by atoms with Gasteiger partial charge in [0.25, 0.3) is 5.91 Å². The number of carbonyl (C=O) groups excluding carboxylic acids is 1. The number of nitrogens with zero attached hydrogens (tertiary/aromatic N) is 3. The highest BCUT2D eigenvalue weighted by molar-refractivity contribution is 5.90. The Bertz CT molecular complexity index is 424. The Kier molecular flexibility index (Phi) is 4.52. The molecule has 2 rings (SSSR count). The van der Waals surface area contributed by atoms with Crippen LogP contribution in [0.2, 0.25) is 0 Å². The molecule has 0 saturated carbocycles. The summed E-state index contributed by atoms with van der Waals surface area (Å²) in [4.78, 5) is 18.1. The summed E-state index contributed by atoms with van der Waals surface area (Å²) in [5.41, 5.74) is 0. The van der Waals surface area contributed by atoms with Crippen LogP contribution in [0.15, 0.2) is 0 Å². The van der Waals surface area contributed by atoms with Gasteiger partial charge in [-0.25, -0.2) is 4.98 Å². The van der Waals surface area contributed by atoms with Crippen LogP contribution in [0.4, 0.5) is 0 Å². The molecule has 1 atom stereocenters. The molecule has 19 heavy (non-hydrogen) atoms. The van der Waals surface area contributed by atoms with Crippen LogP contribution >= 0.6 is 0 Å². The fourth-order valence-corrected chi connectivity index (χ4v) is 2.22. The molecule has 1 unspecified atom stereocenters. The van der Waals surface area contributed by atoms with E-state index in [2.05, 4.69) is 15.2 Å². The molecular weight excluding hydrogens is 244 g/mol. The smallest absolute Gasteiger partial charge is 0.293 e. The first kappa shape index (κ1) is 14.0. The molecular formula is C13H22N4O2. The molecule has 1 aliphatic heterocycles. The molecule has 106 valence electrons. The van der Waals surface area contributed by atoms with Gasteiger partial charge in [0, 0.05) is 26.1 Å². The predicted octanol–water partition coefficient (Wildman–Crippen LogP) is 1.43. The SMILES string of the molecule is CC(C)c1nc(C(=O)N(C)CC2CCCOC2)n[nH]1. The first-order chi connectivity index (χ1) is 9.08. The maximum Gasteiger partial charge on any atom is 0.293 e. The van der Waals surface area contributed by atoms with Crippen molar-refractivity contribution in [1.82, 2.24) is 20.1 Å². The van der Waals surface area contributed by atoms with E-state index in [-0.39, 0.29) is 17.6 Å². The lowest BCUT2D eigenvalue weighted by atomic mass is 10.0. The number of hydrogen-bond donors (Lipinski definition) is 1. The molecule has 1 fully saturated rings. The maximum absolute atomic E-state index is 12.2. The largest absolute Gasteiger partial charge is 0.381 e. The predicted molar refractivity (Wildman–Crippen MR) is 71.0 cm³/mol. The van der Waals surface area contributed by atoms with Crippen molar-refractivity contribution >= 4 is 5.91 Å². The monoisotopic (exact) mass is 266 g/mol. The molecule has 0 bridgehead atoms. The Morgan fingerprint density at radius 3 is 2.95 bits per heavy atom. The Labute approximate surface area is 113 Å². The van der Waals surface area contributed by atoms with E-state index in [1.165, 1.54) is 0 Å². The third-order valence-corrected chi connectivity index (χ3v) is 3.37. The minimum Gasteiger partial charge on any atom is -0.381 e. The molecule has 1 amide bonds. The van der Waals surface area contributed by atoms with Crippen LogP contribution in [-0.4, -0.2) is 52.8 Å². The zero-order valence-corrected chi connectivity index (χ0v) is 11.8. The van der Waals surface area contributed by atoms with Crippen LogP contribution in [0.1, 0.15) is 49.1 Å². The summed E-state index contributed by atoms with van der Waals surface area (Å²) in [5, 5.41) is 6.80. The third kappa shape index (κ3) is 3.53. The highest BCUT2D eigenvalue weighted by Gasteiger charge is 2.22. The first-order valence-corrected chi connectivity index (χ1v) is 6.83. The van der Waals surface area contributed by atoms with Gasteiger partial charge in [-0.05, 0) is 18.8 Å². The van der Waals surface area contributed by atoms with Crippen molar-refractivity contribution < 1.29 is 9.53 Å². The first-order valence-electron chi connectivity index (χ1n) is 6.83. The normalized spacial score (nSPS) is 19.7. The van der Waals surface area contributed by atoms with Crippen LogP contribution in [0.5, 0.6) is 0 Å². The fourth-order valence-electron chi connectivity index (χ4n) is 2.22. The Hall–Kier alpha value is -1.43. The van der Waals surface area contributed by atoms with Gasteiger partial charge in [0.1, 0.15) is 5.82 Å². The van der Waals surface area contributed by atoms with Gasteiger partial charge in [-0.2, -0.15) is 0 Å². The van der Waals surface area contributed by atoms with Gasteiger partial charge in [0.15, 0.2) is 0 Å². The number of rotatable bonds is 4. The van der Waals surface area contributed by atoms with Gasteiger partial charge in [0.2, 0.25) is 5.82 Å². The molecule has 0 radical (unpaired) electrons. The number of ether oxygens (including phenoxy) is 1. The van der Waals surface area contributed by atoms with E-state index in [1.54, 1.807) is 11.9 Å². The van der Waals surface area contributed by atoms with E-state index in [1.807, 2.05) is 13.8 Å². The second-order valence-corrected chi connectivity index (χ2v) is 5.47. The van der Waals surface area contributed by atoms with Crippen LogP contribution in [0.25, 0.3) is 0 Å². The maximum atomic E-state index is 12.2. The molecule has 0 aliphatic carbocycles. The average molecular weight is 266 g/mol. The minimum absolute atomic E-state index is 0.131. The Morgan fingerprint density at radius 2 is 2.37 bits per heavy atom. The van der Waals surface area contributed by atoms with Crippen molar-refractivity contribution in [2.45, 2.75) is 32.6 Å². The van der Waals surface area contributed by atoms with E-state index >= 15 is 0 Å². The molecule has 1 aliphatic rings. The average Bonchev–Trinajstić information content (AvgIpc) is 2.88. The lowest BCUT2D eigenvalue weighted by molar-refractivity contribution is 0.0385. The summed E-state index contributed by atoms with van der Waals surface area (Å²) < 4.78 is 5.43. The summed E-state index contributed by atoms with van der Waals surface area (Å²) in [6, 6.07) is 0. The number of nitrogens with one attached hydrogen (secondary N) is 1. The van der Waals surface area contributed by atoms with Gasteiger partial charge < -0.3 is 9.64 Å². The minimum atomic E-state index is -0.131. The molecule has 6 heteroatoms. The van der Waals surface area contributed by atoms with Gasteiger partial charge in [0.05, 0.1) is 6.61 Å². The summed E-state index contributed by atoms with van der Waals surface area (Å²) in [7, 11) is 1.79. The zero-order valence-electron chi connectivity index (χ0n) is 11.8. The Balaban J connectivity index is 1.93. The second kappa shape index (κ2) is 6.14. The lowest BCUT2D eigenvalue weighted by Crippen LogP contribution is -2.35. The van der Waals surface area contributed by atoms with E-state index in [0.717, 1.165) is 31.9 Å². The van der Waals surface area contributed by atoms with E-state index in [0.29, 0.717) is 12.5 Å². The lowest BCUT2D eigenvalue weighted by Gasteiger charge is -2.26. The summed E-state index contributed by atoms with van der Waals surface area (Å²) in [5.74, 6) is 1.53. The van der Waals surface area contributed by atoms with Gasteiger partial charge in [-0.15, -0.1) is 5.10 Å². The van der Waals surface area contributed by atoms with Crippen molar-refractivity contribution in [2.75, 3.05) is 26.8 Å². The molecule has 1 aromatic rings. The molecule has 0 spiro atoms. The standard InChI is InChI=1S/C13H22N4O2/c1-9(2)11-14-12(16-15-11)13(18)17(3)7-10-5-4-6-19-8-10/h9-10H,4-8H2,1-3H3,(H,14,15,16). The summed E-state index contributed by atoms with van der Waals surface area (Å²) in [6.45, 7) is 6.30. The number of hydrogen-bond acceptors (Lipinski definition) is 4. The molecule has 1 saturated heterocycles. The van der Waals surface area contributed by atoms with Crippen LogP contribution in [0, 0.1) is 5.92 Å². The quantitative estimate of drug-likeness (QED) is 0.895. The molecule has 1 N–H and O–H groups in total. The Morgan fingerprint density at radius 1 is 1.58 bits per heavy atom. The highest BCUT2D eigenvalue weighted by atomic mass is 16.5. The number of H-pyrrole nitrogens is 1. The van der Waals surface area contributed by atoms with E-state index < -0.39 is 0 Å². The molecule has 0 aromatic carbocycles. The van der Waals surface area contributed by atoms with Crippen molar-refractivity contribution in [3.8, 4) is 0 Å². The van der Waals surface area contributed by atoms with Crippen molar-refractivity contribution in [3.63, 3.8) is 0 Å². The molecule has 2 heterocycles. The van der Waals surface area contributed by atoms with E-state index in [9.17, 15) is 4.79 Å². The van der Waals surface area contributed by atoms with Crippen molar-refractivity contribution in [3.05, 3.63) is 11.6 Å². The number of carbonyl (C=O) groups is 1. The zero-order chi connectivity index (χ0) is 13.8. The van der Waals surface area contributed by atoms with Crippen molar-refractivity contribution in [1.29, 1.82) is 0 Å². The van der Waals surface area contributed by atoms with Crippen LogP contribution in [0.3, 0.4) is 0 Å². The topological polar surface area (TPSA) is 71.1 Å². The fraction of sp³-hybridized carbons (Fsp3) is 0.769. The number of aromatic amines is 1.